The van der Waals surface area contributed by atoms with Crippen LogP contribution in [0.5, 0.6) is 0 Å². The number of hydrogen-bond donors (Lipinski definition) is 2. The summed E-state index contributed by atoms with van der Waals surface area (Å²) < 4.78 is 0. The van der Waals surface area contributed by atoms with Gasteiger partial charge in [-0.3, -0.25) is 9.89 Å². The van der Waals surface area contributed by atoms with Gasteiger partial charge in [0.2, 0.25) is 5.91 Å². The first kappa shape index (κ1) is 13.6. The smallest absolute Gasteiger partial charge is 0.222 e. The first-order valence-corrected chi connectivity index (χ1v) is 7.60. The summed E-state index contributed by atoms with van der Waals surface area (Å²) >= 11 is 0. The van der Waals surface area contributed by atoms with Crippen LogP contribution in [0.2, 0.25) is 0 Å². The molecule has 0 spiro atoms. The number of aromatic amines is 1. The lowest BCUT2D eigenvalue weighted by atomic mass is 9.99. The first-order chi connectivity index (χ1) is 9.56. The summed E-state index contributed by atoms with van der Waals surface area (Å²) in [6.07, 6.45) is 3.93. The summed E-state index contributed by atoms with van der Waals surface area (Å²) in [4.78, 5) is 14.3. The van der Waals surface area contributed by atoms with Crippen LogP contribution in [0.15, 0.2) is 0 Å². The fourth-order valence-electron chi connectivity index (χ4n) is 3.41. The van der Waals surface area contributed by atoms with Gasteiger partial charge in [0.05, 0.1) is 5.69 Å². The molecule has 2 heterocycles. The second-order valence-electron chi connectivity index (χ2n) is 6.38. The van der Waals surface area contributed by atoms with E-state index in [1.54, 1.807) is 0 Å². The van der Waals surface area contributed by atoms with Gasteiger partial charge in [0.15, 0.2) is 0 Å². The molecule has 1 saturated carbocycles. The third-order valence-electron chi connectivity index (χ3n) is 4.86. The van der Waals surface area contributed by atoms with E-state index in [0.29, 0.717) is 12.3 Å². The van der Waals surface area contributed by atoms with Crippen molar-refractivity contribution in [2.45, 2.75) is 45.6 Å². The Morgan fingerprint density at radius 2 is 2.15 bits per heavy atom. The third-order valence-corrected chi connectivity index (χ3v) is 4.86. The average molecular weight is 276 g/mol. The number of amides is 1. The van der Waals surface area contributed by atoms with Crippen LogP contribution in [0, 0.1) is 25.7 Å². The number of carbonyl (C=O) groups excluding carboxylic acids is 1. The molecular formula is C15H24N4O. The van der Waals surface area contributed by atoms with E-state index in [1.165, 1.54) is 18.4 Å². The molecule has 5 nitrogen and oxygen atoms in total. The minimum atomic E-state index is 0.184. The van der Waals surface area contributed by atoms with Crippen molar-refractivity contribution in [3.8, 4) is 0 Å². The molecule has 0 aromatic carbocycles. The Kier molecular flexibility index (Phi) is 3.54. The maximum absolute atomic E-state index is 12.3. The number of nitrogens with two attached hydrogens (primary N) is 1. The normalized spacial score (nSPS) is 26.2. The second-order valence-corrected chi connectivity index (χ2v) is 6.38. The average Bonchev–Trinajstić information content (AvgIpc) is 3.11. The van der Waals surface area contributed by atoms with E-state index in [-0.39, 0.29) is 11.9 Å². The molecule has 3 N–H and O–H groups in total. The maximum atomic E-state index is 12.3. The Balaban J connectivity index is 1.55. The number of nitrogens with one attached hydrogen (secondary N) is 1. The Morgan fingerprint density at radius 3 is 2.75 bits per heavy atom. The number of aromatic nitrogens is 2. The highest BCUT2D eigenvalue weighted by Gasteiger charge is 2.41. The van der Waals surface area contributed by atoms with Crippen LogP contribution in [-0.2, 0) is 11.2 Å². The largest absolute Gasteiger partial charge is 0.341 e. The molecule has 0 unspecified atom stereocenters. The molecule has 1 aromatic rings. The van der Waals surface area contributed by atoms with Crippen molar-refractivity contribution >= 4 is 5.91 Å². The summed E-state index contributed by atoms with van der Waals surface area (Å²) in [6.45, 7) is 5.60. The van der Waals surface area contributed by atoms with Gasteiger partial charge < -0.3 is 10.6 Å². The minimum Gasteiger partial charge on any atom is -0.341 e. The van der Waals surface area contributed by atoms with Gasteiger partial charge in [-0.2, -0.15) is 5.10 Å². The van der Waals surface area contributed by atoms with Crippen molar-refractivity contribution < 1.29 is 4.79 Å². The highest BCUT2D eigenvalue weighted by atomic mass is 16.2. The Bertz CT molecular complexity index is 486. The van der Waals surface area contributed by atoms with Crippen LogP contribution in [-0.4, -0.2) is 40.1 Å². The number of carbonyl (C=O) groups is 1. The standard InChI is InChI=1S/C15H24N4O/c1-9-12(10(2)18-17-9)5-6-15(20)19-7-13(11-3-4-11)14(16)8-19/h11,13-14H,3-8,16H2,1-2H3,(H,17,18)/t13-,14+/m1/s1. The number of H-pyrrole nitrogens is 1. The fourth-order valence-corrected chi connectivity index (χ4v) is 3.41. The summed E-state index contributed by atoms with van der Waals surface area (Å²) in [5.74, 6) is 1.56. The van der Waals surface area contributed by atoms with Crippen LogP contribution >= 0.6 is 0 Å². The predicted molar refractivity (Wildman–Crippen MR) is 77.2 cm³/mol. The van der Waals surface area contributed by atoms with Crippen molar-refractivity contribution in [3.63, 3.8) is 0 Å². The van der Waals surface area contributed by atoms with Gasteiger partial charge in [-0.25, -0.2) is 0 Å². The summed E-state index contributed by atoms with van der Waals surface area (Å²) in [5.41, 5.74) is 9.44. The Labute approximate surface area is 119 Å². The van der Waals surface area contributed by atoms with Crippen molar-refractivity contribution in [3.05, 3.63) is 17.0 Å². The quantitative estimate of drug-likeness (QED) is 0.866. The molecule has 0 bridgehead atoms. The van der Waals surface area contributed by atoms with Crippen LogP contribution in [0.4, 0.5) is 0 Å². The fraction of sp³-hybridized carbons (Fsp3) is 0.733. The maximum Gasteiger partial charge on any atom is 0.222 e. The SMILES string of the molecule is Cc1n[nH]c(C)c1CCC(=O)N1C[C@H](C2CC2)[C@@H](N)C1. The molecule has 0 radical (unpaired) electrons. The summed E-state index contributed by atoms with van der Waals surface area (Å²) in [5, 5.41) is 7.15. The third kappa shape index (κ3) is 2.59. The van der Waals surface area contributed by atoms with Gasteiger partial charge in [0, 0.05) is 31.2 Å². The monoisotopic (exact) mass is 276 g/mol. The van der Waals surface area contributed by atoms with Crippen LogP contribution in [0.25, 0.3) is 0 Å². The molecule has 2 atom stereocenters. The molecule has 3 rings (SSSR count). The van der Waals surface area contributed by atoms with Crippen LogP contribution < -0.4 is 5.73 Å². The Morgan fingerprint density at radius 1 is 1.40 bits per heavy atom. The number of likely N-dealkylation sites (tertiary alicyclic amines) is 1. The molecule has 1 saturated heterocycles. The first-order valence-electron chi connectivity index (χ1n) is 7.60. The lowest BCUT2D eigenvalue weighted by molar-refractivity contribution is -0.130. The van der Waals surface area contributed by atoms with Crippen LogP contribution in [0.1, 0.15) is 36.2 Å². The number of nitrogens with zero attached hydrogens (tertiary/aromatic N) is 2. The highest BCUT2D eigenvalue weighted by Crippen LogP contribution is 2.40. The molecular weight excluding hydrogens is 252 g/mol. The van der Waals surface area contributed by atoms with Crippen molar-refractivity contribution in [2.24, 2.45) is 17.6 Å². The topological polar surface area (TPSA) is 75.0 Å². The van der Waals surface area contributed by atoms with Gasteiger partial charge in [-0.05, 0) is 50.5 Å². The van der Waals surface area contributed by atoms with E-state index in [2.05, 4.69) is 10.2 Å². The molecule has 20 heavy (non-hydrogen) atoms. The van der Waals surface area contributed by atoms with Crippen molar-refractivity contribution in [1.29, 1.82) is 0 Å². The van der Waals surface area contributed by atoms with E-state index in [0.717, 1.165) is 36.8 Å². The van der Waals surface area contributed by atoms with E-state index < -0.39 is 0 Å². The second kappa shape index (κ2) is 5.20. The van der Waals surface area contributed by atoms with E-state index in [9.17, 15) is 4.79 Å². The van der Waals surface area contributed by atoms with E-state index in [4.69, 9.17) is 5.73 Å². The molecule has 2 aliphatic rings. The zero-order valence-electron chi connectivity index (χ0n) is 12.4. The Hall–Kier alpha value is -1.36. The lowest BCUT2D eigenvalue weighted by Gasteiger charge is -2.16. The molecule has 1 aromatic heterocycles. The molecule has 5 heteroatoms. The number of hydrogen-bond acceptors (Lipinski definition) is 3. The molecule has 110 valence electrons. The minimum absolute atomic E-state index is 0.184. The molecule has 1 aliphatic carbocycles. The number of aryl methyl sites for hydroxylation is 2. The molecule has 1 amide bonds. The van der Waals surface area contributed by atoms with Gasteiger partial charge in [-0.1, -0.05) is 0 Å². The number of rotatable bonds is 4. The van der Waals surface area contributed by atoms with Crippen molar-refractivity contribution in [2.75, 3.05) is 13.1 Å². The lowest BCUT2D eigenvalue weighted by Crippen LogP contribution is -2.32. The zero-order chi connectivity index (χ0) is 14.3. The predicted octanol–water partition coefficient (Wildman–Crippen LogP) is 1.15. The van der Waals surface area contributed by atoms with E-state index in [1.807, 2.05) is 18.7 Å². The van der Waals surface area contributed by atoms with Gasteiger partial charge in [0.1, 0.15) is 0 Å². The zero-order valence-corrected chi connectivity index (χ0v) is 12.4. The van der Waals surface area contributed by atoms with Gasteiger partial charge in [-0.15, -0.1) is 0 Å². The summed E-state index contributed by atoms with van der Waals surface area (Å²) in [7, 11) is 0. The summed E-state index contributed by atoms with van der Waals surface area (Å²) in [6, 6.07) is 0.184. The van der Waals surface area contributed by atoms with Gasteiger partial charge in [0.25, 0.3) is 0 Å². The molecule has 2 fully saturated rings. The van der Waals surface area contributed by atoms with Crippen molar-refractivity contribution in [1.82, 2.24) is 15.1 Å². The van der Waals surface area contributed by atoms with Crippen LogP contribution in [0.3, 0.4) is 0 Å². The molecule has 1 aliphatic heterocycles. The highest BCUT2D eigenvalue weighted by molar-refractivity contribution is 5.77. The van der Waals surface area contributed by atoms with E-state index >= 15 is 0 Å². The van der Waals surface area contributed by atoms with Gasteiger partial charge >= 0.3 is 0 Å².